The van der Waals surface area contributed by atoms with Crippen LogP contribution in [-0.2, 0) is 0 Å². The van der Waals surface area contributed by atoms with E-state index in [2.05, 4.69) is 0 Å². The lowest BCUT2D eigenvalue weighted by molar-refractivity contribution is -0.0221. The van der Waals surface area contributed by atoms with Gasteiger partial charge in [-0.15, -0.1) is 0 Å². The zero-order valence-electron chi connectivity index (χ0n) is 9.02. The lowest BCUT2D eigenvalue weighted by Gasteiger charge is -2.33. The van der Waals surface area contributed by atoms with Gasteiger partial charge in [0.25, 0.3) is 5.92 Å². The first-order valence-corrected chi connectivity index (χ1v) is 5.27. The Hall–Kier alpha value is -1.46. The number of halogens is 4. The third-order valence-electron chi connectivity index (χ3n) is 2.93. The highest BCUT2D eigenvalue weighted by Crippen LogP contribution is 2.32. The first-order chi connectivity index (χ1) is 7.91. The summed E-state index contributed by atoms with van der Waals surface area (Å²) < 4.78 is 52.6. The van der Waals surface area contributed by atoms with Gasteiger partial charge in [-0.3, -0.25) is 0 Å². The van der Waals surface area contributed by atoms with Crippen molar-refractivity contribution in [3.05, 3.63) is 23.8 Å². The number of benzene rings is 1. The summed E-state index contributed by atoms with van der Waals surface area (Å²) in [4.78, 5) is 1.41. The molecule has 1 aliphatic heterocycles. The molecule has 2 N–H and O–H groups in total. The van der Waals surface area contributed by atoms with Crippen LogP contribution in [0.25, 0.3) is 0 Å². The van der Waals surface area contributed by atoms with Crippen LogP contribution in [0.15, 0.2) is 12.1 Å². The van der Waals surface area contributed by atoms with Gasteiger partial charge in [0.05, 0.1) is 11.4 Å². The third-order valence-corrected chi connectivity index (χ3v) is 2.93. The van der Waals surface area contributed by atoms with E-state index >= 15 is 0 Å². The molecule has 0 radical (unpaired) electrons. The lowest BCUT2D eigenvalue weighted by Crippen LogP contribution is -2.39. The van der Waals surface area contributed by atoms with Gasteiger partial charge in [0, 0.05) is 25.9 Å². The Morgan fingerprint density at radius 3 is 2.24 bits per heavy atom. The van der Waals surface area contributed by atoms with Crippen LogP contribution in [-0.4, -0.2) is 19.0 Å². The van der Waals surface area contributed by atoms with Crippen molar-refractivity contribution in [2.45, 2.75) is 18.8 Å². The van der Waals surface area contributed by atoms with Crippen LogP contribution in [0.4, 0.5) is 28.9 Å². The molecule has 1 aromatic carbocycles. The summed E-state index contributed by atoms with van der Waals surface area (Å²) in [6, 6.07) is 2.55. The molecule has 1 heterocycles. The topological polar surface area (TPSA) is 29.3 Å². The minimum absolute atomic E-state index is 0.00722. The number of rotatable bonds is 1. The maximum Gasteiger partial charge on any atom is 0.251 e. The van der Waals surface area contributed by atoms with Crippen molar-refractivity contribution in [2.24, 2.45) is 0 Å². The van der Waals surface area contributed by atoms with E-state index in [1.54, 1.807) is 0 Å². The molecular weight excluding hydrogens is 236 g/mol. The quantitative estimate of drug-likeness (QED) is 0.611. The van der Waals surface area contributed by atoms with Crippen molar-refractivity contribution in [2.75, 3.05) is 23.7 Å². The number of nitrogens with two attached hydrogens (primary N) is 1. The summed E-state index contributed by atoms with van der Waals surface area (Å²) in [5.41, 5.74) is 4.92. The molecule has 17 heavy (non-hydrogen) atoms. The van der Waals surface area contributed by atoms with E-state index in [0.29, 0.717) is 0 Å². The van der Waals surface area contributed by atoms with E-state index in [1.165, 1.54) is 17.0 Å². The van der Waals surface area contributed by atoms with Gasteiger partial charge in [-0.2, -0.15) is 0 Å². The number of hydrogen-bond acceptors (Lipinski definition) is 2. The van der Waals surface area contributed by atoms with Crippen molar-refractivity contribution < 1.29 is 17.6 Å². The van der Waals surface area contributed by atoms with Crippen LogP contribution < -0.4 is 10.6 Å². The number of piperidine rings is 1. The SMILES string of the molecule is Nc1ccc(N2CCC(F)(F)CC2)c(F)c1F. The third kappa shape index (κ3) is 2.30. The summed E-state index contributed by atoms with van der Waals surface area (Å²) in [5.74, 6) is -4.91. The molecule has 0 atom stereocenters. The normalized spacial score (nSPS) is 19.4. The van der Waals surface area contributed by atoms with E-state index in [9.17, 15) is 17.6 Å². The van der Waals surface area contributed by atoms with Crippen LogP contribution in [0.5, 0.6) is 0 Å². The second kappa shape index (κ2) is 4.09. The Balaban J connectivity index is 2.22. The molecule has 0 amide bonds. The van der Waals surface area contributed by atoms with Gasteiger partial charge < -0.3 is 10.6 Å². The highest BCUT2D eigenvalue weighted by atomic mass is 19.3. The average molecular weight is 248 g/mol. The smallest absolute Gasteiger partial charge is 0.251 e. The molecule has 0 bridgehead atoms. The predicted molar refractivity (Wildman–Crippen MR) is 57.2 cm³/mol. The molecule has 1 aromatic rings. The van der Waals surface area contributed by atoms with Gasteiger partial charge >= 0.3 is 0 Å². The second-order valence-electron chi connectivity index (χ2n) is 4.14. The van der Waals surface area contributed by atoms with Crippen molar-refractivity contribution in [3.8, 4) is 0 Å². The molecule has 0 unspecified atom stereocenters. The van der Waals surface area contributed by atoms with E-state index in [-0.39, 0.29) is 37.3 Å². The lowest BCUT2D eigenvalue weighted by atomic mass is 10.1. The summed E-state index contributed by atoms with van der Waals surface area (Å²) in [6.45, 7) is 0.0144. The maximum absolute atomic E-state index is 13.6. The fraction of sp³-hybridized carbons (Fsp3) is 0.455. The Morgan fingerprint density at radius 1 is 1.06 bits per heavy atom. The monoisotopic (exact) mass is 248 g/mol. The van der Waals surface area contributed by atoms with Gasteiger partial charge in [-0.1, -0.05) is 0 Å². The largest absolute Gasteiger partial charge is 0.396 e. The van der Waals surface area contributed by atoms with Gasteiger partial charge in [-0.25, -0.2) is 17.6 Å². The first-order valence-electron chi connectivity index (χ1n) is 5.27. The molecule has 0 aromatic heterocycles. The molecule has 1 saturated heterocycles. The number of nitrogen functional groups attached to an aromatic ring is 1. The van der Waals surface area contributed by atoms with Crippen LogP contribution in [0, 0.1) is 11.6 Å². The fourth-order valence-corrected chi connectivity index (χ4v) is 1.87. The van der Waals surface area contributed by atoms with E-state index in [1.807, 2.05) is 0 Å². The molecule has 0 aliphatic carbocycles. The number of alkyl halides is 2. The van der Waals surface area contributed by atoms with E-state index in [0.717, 1.165) is 0 Å². The van der Waals surface area contributed by atoms with Crippen molar-refractivity contribution in [3.63, 3.8) is 0 Å². The molecule has 1 aliphatic rings. The molecular formula is C11H12F4N2. The minimum atomic E-state index is -2.71. The summed E-state index contributed by atoms with van der Waals surface area (Å²) in [7, 11) is 0. The molecule has 2 nitrogen and oxygen atoms in total. The second-order valence-corrected chi connectivity index (χ2v) is 4.14. The van der Waals surface area contributed by atoms with Crippen LogP contribution in [0.1, 0.15) is 12.8 Å². The van der Waals surface area contributed by atoms with Crippen molar-refractivity contribution in [1.82, 2.24) is 0 Å². The standard InChI is InChI=1S/C11H12F4N2/c12-9-7(16)1-2-8(10(9)13)17-5-3-11(14,15)4-6-17/h1-2H,3-6,16H2. The van der Waals surface area contributed by atoms with Crippen LogP contribution in [0.2, 0.25) is 0 Å². The summed E-state index contributed by atoms with van der Waals surface area (Å²) in [5, 5.41) is 0. The van der Waals surface area contributed by atoms with Gasteiger partial charge in [0.2, 0.25) is 0 Å². The summed E-state index contributed by atoms with van der Waals surface area (Å²) >= 11 is 0. The van der Waals surface area contributed by atoms with Crippen molar-refractivity contribution in [1.29, 1.82) is 0 Å². The number of nitrogens with zero attached hydrogens (tertiary/aromatic N) is 1. The Morgan fingerprint density at radius 2 is 1.65 bits per heavy atom. The van der Waals surface area contributed by atoms with Gasteiger partial charge in [-0.05, 0) is 12.1 Å². The molecule has 0 spiro atoms. The van der Waals surface area contributed by atoms with Gasteiger partial charge in [0.1, 0.15) is 0 Å². The molecule has 1 fully saturated rings. The van der Waals surface area contributed by atoms with Crippen LogP contribution in [0.3, 0.4) is 0 Å². The molecule has 6 heteroatoms. The van der Waals surface area contributed by atoms with Crippen molar-refractivity contribution >= 4 is 11.4 Å². The molecule has 0 saturated carbocycles. The van der Waals surface area contributed by atoms with Gasteiger partial charge in [0.15, 0.2) is 11.6 Å². The number of anilines is 2. The average Bonchev–Trinajstić information content (AvgIpc) is 2.27. The fourth-order valence-electron chi connectivity index (χ4n) is 1.87. The Kier molecular flexibility index (Phi) is 2.89. The van der Waals surface area contributed by atoms with E-state index in [4.69, 9.17) is 5.73 Å². The minimum Gasteiger partial charge on any atom is -0.396 e. The van der Waals surface area contributed by atoms with E-state index < -0.39 is 17.6 Å². The molecule has 94 valence electrons. The van der Waals surface area contributed by atoms with Crippen LogP contribution >= 0.6 is 0 Å². The highest BCUT2D eigenvalue weighted by Gasteiger charge is 2.35. The Labute approximate surface area is 96.0 Å². The predicted octanol–water partition coefficient (Wildman–Crippen LogP) is 2.78. The zero-order chi connectivity index (χ0) is 12.6. The maximum atomic E-state index is 13.6. The zero-order valence-corrected chi connectivity index (χ0v) is 9.02. The first kappa shape index (κ1) is 12.0. The molecule has 2 rings (SSSR count). The highest BCUT2D eigenvalue weighted by molar-refractivity contribution is 5.55. The number of hydrogen-bond donors (Lipinski definition) is 1. The summed E-state index contributed by atoms with van der Waals surface area (Å²) in [6.07, 6.45) is -0.698. The Bertz CT molecular complexity index is 424.